The summed E-state index contributed by atoms with van der Waals surface area (Å²) in [5.74, 6) is 1.23. The van der Waals surface area contributed by atoms with Crippen LogP contribution in [0.25, 0.3) is 5.69 Å². The summed E-state index contributed by atoms with van der Waals surface area (Å²) in [5, 5.41) is 7.66. The van der Waals surface area contributed by atoms with Crippen LogP contribution in [-0.4, -0.2) is 19.9 Å². The third-order valence-corrected chi connectivity index (χ3v) is 6.32. The highest BCUT2D eigenvalue weighted by Crippen LogP contribution is 2.32. The SMILES string of the molecule is Cc1ccc(-n2nc3c(c2NC(=O)c2ccc(Br)cc2)CS(=O)C3)c(C)c1. The van der Waals surface area contributed by atoms with Crippen molar-refractivity contribution >= 4 is 38.5 Å². The molecule has 27 heavy (non-hydrogen) atoms. The summed E-state index contributed by atoms with van der Waals surface area (Å²) in [6.07, 6.45) is 0. The number of carbonyl (C=O) groups is 1. The van der Waals surface area contributed by atoms with Gasteiger partial charge in [0.25, 0.3) is 5.91 Å². The van der Waals surface area contributed by atoms with Gasteiger partial charge in [-0.2, -0.15) is 5.10 Å². The van der Waals surface area contributed by atoms with E-state index in [0.29, 0.717) is 22.9 Å². The third kappa shape index (κ3) is 3.49. The predicted octanol–water partition coefficient (Wildman–Crippen LogP) is 4.27. The summed E-state index contributed by atoms with van der Waals surface area (Å²) >= 11 is 3.38. The highest BCUT2D eigenvalue weighted by atomic mass is 79.9. The van der Waals surface area contributed by atoms with Gasteiger partial charge in [-0.05, 0) is 49.7 Å². The fourth-order valence-electron chi connectivity index (χ4n) is 3.25. The molecule has 1 N–H and O–H groups in total. The molecule has 1 aliphatic heterocycles. The molecule has 0 radical (unpaired) electrons. The normalized spacial score (nSPS) is 15.6. The molecule has 1 aromatic heterocycles. The van der Waals surface area contributed by atoms with Crippen molar-refractivity contribution in [2.75, 3.05) is 5.32 Å². The Morgan fingerprint density at radius 2 is 1.89 bits per heavy atom. The van der Waals surface area contributed by atoms with Crippen molar-refractivity contribution in [3.63, 3.8) is 0 Å². The van der Waals surface area contributed by atoms with Crippen LogP contribution in [-0.2, 0) is 22.3 Å². The lowest BCUT2D eigenvalue weighted by Gasteiger charge is -2.13. The zero-order valence-electron chi connectivity index (χ0n) is 15.0. The smallest absolute Gasteiger partial charge is 0.256 e. The van der Waals surface area contributed by atoms with E-state index in [2.05, 4.69) is 32.4 Å². The molecule has 0 saturated carbocycles. The molecule has 2 aromatic carbocycles. The van der Waals surface area contributed by atoms with Crippen LogP contribution in [0.2, 0.25) is 0 Å². The minimum Gasteiger partial charge on any atom is -0.306 e. The van der Waals surface area contributed by atoms with E-state index in [4.69, 9.17) is 0 Å². The van der Waals surface area contributed by atoms with Gasteiger partial charge in [0.1, 0.15) is 5.82 Å². The number of rotatable bonds is 3. The van der Waals surface area contributed by atoms with Crippen molar-refractivity contribution < 1.29 is 9.00 Å². The molecule has 0 bridgehead atoms. The molecule has 0 spiro atoms. The highest BCUT2D eigenvalue weighted by Gasteiger charge is 2.28. The summed E-state index contributed by atoms with van der Waals surface area (Å²) in [6.45, 7) is 4.06. The number of aromatic nitrogens is 2. The Kier molecular flexibility index (Phi) is 4.74. The van der Waals surface area contributed by atoms with Crippen LogP contribution >= 0.6 is 15.9 Å². The number of nitrogens with one attached hydrogen (secondary N) is 1. The molecule has 7 heteroatoms. The van der Waals surface area contributed by atoms with Gasteiger partial charge in [-0.1, -0.05) is 33.6 Å². The van der Waals surface area contributed by atoms with E-state index in [1.54, 1.807) is 16.8 Å². The second-order valence-electron chi connectivity index (χ2n) is 6.67. The van der Waals surface area contributed by atoms with Gasteiger partial charge < -0.3 is 5.32 Å². The van der Waals surface area contributed by atoms with Gasteiger partial charge in [0.05, 0.1) is 22.9 Å². The minimum absolute atomic E-state index is 0.214. The van der Waals surface area contributed by atoms with Crippen LogP contribution in [0.1, 0.15) is 32.7 Å². The number of anilines is 1. The van der Waals surface area contributed by atoms with Gasteiger partial charge >= 0.3 is 0 Å². The molecule has 5 nitrogen and oxygen atoms in total. The number of fused-ring (bicyclic) bond motifs is 1. The van der Waals surface area contributed by atoms with Gasteiger partial charge in [-0.25, -0.2) is 4.68 Å². The number of hydrogen-bond donors (Lipinski definition) is 1. The number of amides is 1. The van der Waals surface area contributed by atoms with Crippen molar-refractivity contribution in [2.45, 2.75) is 25.4 Å². The molecule has 2 heterocycles. The average molecular weight is 444 g/mol. The van der Waals surface area contributed by atoms with Crippen LogP contribution in [0.5, 0.6) is 0 Å². The van der Waals surface area contributed by atoms with Crippen molar-refractivity contribution in [2.24, 2.45) is 0 Å². The van der Waals surface area contributed by atoms with Crippen LogP contribution in [0, 0.1) is 13.8 Å². The largest absolute Gasteiger partial charge is 0.306 e. The Hall–Kier alpha value is -2.25. The lowest BCUT2D eigenvalue weighted by molar-refractivity contribution is 0.102. The number of aryl methyl sites for hydroxylation is 2. The molecule has 3 aromatic rings. The maximum atomic E-state index is 12.8. The van der Waals surface area contributed by atoms with Gasteiger partial charge in [-0.15, -0.1) is 0 Å². The first-order valence-electron chi connectivity index (χ1n) is 8.52. The van der Waals surface area contributed by atoms with E-state index in [1.165, 1.54) is 0 Å². The molecule has 1 amide bonds. The predicted molar refractivity (Wildman–Crippen MR) is 111 cm³/mol. The molecule has 138 valence electrons. The number of carbonyl (C=O) groups excluding carboxylic acids is 1. The van der Waals surface area contributed by atoms with Crippen LogP contribution in [0.4, 0.5) is 5.82 Å². The Bertz CT molecular complexity index is 1070. The number of hydrogen-bond acceptors (Lipinski definition) is 3. The molecule has 1 aliphatic rings. The van der Waals surface area contributed by atoms with Crippen LogP contribution in [0.3, 0.4) is 0 Å². The molecule has 1 atom stereocenters. The molecular formula is C20H18BrN3O2S. The number of nitrogens with zero attached hydrogens (tertiary/aromatic N) is 2. The van der Waals surface area contributed by atoms with E-state index in [0.717, 1.165) is 32.5 Å². The Morgan fingerprint density at radius 1 is 1.15 bits per heavy atom. The summed E-state index contributed by atoms with van der Waals surface area (Å²) < 4.78 is 14.7. The lowest BCUT2D eigenvalue weighted by Crippen LogP contribution is -2.17. The summed E-state index contributed by atoms with van der Waals surface area (Å²) in [4.78, 5) is 12.8. The van der Waals surface area contributed by atoms with E-state index in [-0.39, 0.29) is 5.91 Å². The molecule has 0 saturated heterocycles. The monoisotopic (exact) mass is 443 g/mol. The fraction of sp³-hybridized carbons (Fsp3) is 0.200. The summed E-state index contributed by atoms with van der Waals surface area (Å²) in [7, 11) is -0.968. The Morgan fingerprint density at radius 3 is 2.59 bits per heavy atom. The zero-order valence-corrected chi connectivity index (χ0v) is 17.4. The second-order valence-corrected chi connectivity index (χ2v) is 9.04. The fourth-order valence-corrected chi connectivity index (χ4v) is 4.78. The standard InChI is InChI=1S/C20H18BrN3O2S/c1-12-3-8-18(13(2)9-12)24-19(16-10-27(26)11-17(16)23-24)22-20(25)14-4-6-15(21)7-5-14/h3-9H,10-11H2,1-2H3,(H,22,25). The molecular weight excluding hydrogens is 426 g/mol. The van der Waals surface area contributed by atoms with E-state index >= 15 is 0 Å². The molecule has 4 rings (SSSR count). The maximum absolute atomic E-state index is 12.8. The Balaban J connectivity index is 1.77. The van der Waals surface area contributed by atoms with Gasteiger partial charge in [0.2, 0.25) is 0 Å². The van der Waals surface area contributed by atoms with Gasteiger partial charge in [0.15, 0.2) is 0 Å². The number of benzene rings is 2. The van der Waals surface area contributed by atoms with Gasteiger partial charge in [0, 0.05) is 26.4 Å². The van der Waals surface area contributed by atoms with Crippen LogP contribution in [0.15, 0.2) is 46.9 Å². The van der Waals surface area contributed by atoms with Crippen molar-refractivity contribution in [3.8, 4) is 5.69 Å². The average Bonchev–Trinajstić information content (AvgIpc) is 3.13. The molecule has 1 unspecified atom stereocenters. The zero-order chi connectivity index (χ0) is 19.1. The lowest BCUT2D eigenvalue weighted by atomic mass is 10.1. The quantitative estimate of drug-likeness (QED) is 0.657. The van der Waals surface area contributed by atoms with E-state index < -0.39 is 10.8 Å². The van der Waals surface area contributed by atoms with E-state index in [9.17, 15) is 9.00 Å². The van der Waals surface area contributed by atoms with Gasteiger partial charge in [-0.3, -0.25) is 9.00 Å². The highest BCUT2D eigenvalue weighted by molar-refractivity contribution is 9.10. The number of halogens is 1. The summed E-state index contributed by atoms with van der Waals surface area (Å²) in [5.41, 5.74) is 5.35. The van der Waals surface area contributed by atoms with Crippen molar-refractivity contribution in [1.29, 1.82) is 0 Å². The van der Waals surface area contributed by atoms with Crippen LogP contribution < -0.4 is 5.32 Å². The first kappa shape index (κ1) is 18.1. The Labute approximate surface area is 168 Å². The minimum atomic E-state index is -0.968. The van der Waals surface area contributed by atoms with Crippen molar-refractivity contribution in [3.05, 3.63) is 74.9 Å². The third-order valence-electron chi connectivity index (χ3n) is 4.59. The molecule has 0 fully saturated rings. The van der Waals surface area contributed by atoms with E-state index in [1.807, 2.05) is 38.1 Å². The summed E-state index contributed by atoms with van der Waals surface area (Å²) in [6, 6.07) is 13.3. The maximum Gasteiger partial charge on any atom is 0.256 e. The van der Waals surface area contributed by atoms with Crippen molar-refractivity contribution in [1.82, 2.24) is 9.78 Å². The topological polar surface area (TPSA) is 64.0 Å². The first-order chi connectivity index (χ1) is 12.9. The molecule has 0 aliphatic carbocycles. The second kappa shape index (κ2) is 7.05. The first-order valence-corrected chi connectivity index (χ1v) is 10.8.